The van der Waals surface area contributed by atoms with E-state index in [9.17, 15) is 22.8 Å². The van der Waals surface area contributed by atoms with Crippen molar-refractivity contribution in [3.05, 3.63) is 93.8 Å². The van der Waals surface area contributed by atoms with Gasteiger partial charge in [-0.15, -0.1) is 0 Å². The van der Waals surface area contributed by atoms with E-state index in [4.69, 9.17) is 11.6 Å². The number of halogens is 4. The van der Waals surface area contributed by atoms with Gasteiger partial charge >= 0.3 is 0 Å². The van der Waals surface area contributed by atoms with Crippen LogP contribution < -0.4 is 0 Å². The average molecular weight is 482 g/mol. The van der Waals surface area contributed by atoms with Crippen LogP contribution in [0.1, 0.15) is 32.2 Å². The highest BCUT2D eigenvalue weighted by molar-refractivity contribution is 6.38. The molecule has 0 radical (unpaired) electrons. The van der Waals surface area contributed by atoms with Crippen molar-refractivity contribution in [3.8, 4) is 11.1 Å². The summed E-state index contributed by atoms with van der Waals surface area (Å²) in [5.74, 6) is -4.53. The third-order valence-corrected chi connectivity index (χ3v) is 6.31. The van der Waals surface area contributed by atoms with Crippen LogP contribution in [-0.4, -0.2) is 26.0 Å². The van der Waals surface area contributed by atoms with Crippen LogP contribution in [0.15, 0.2) is 48.7 Å². The predicted molar refractivity (Wildman–Crippen MR) is 122 cm³/mol. The zero-order valence-corrected chi connectivity index (χ0v) is 18.6. The molecule has 0 aliphatic heterocycles. The molecule has 0 saturated carbocycles. The Morgan fingerprint density at radius 2 is 1.76 bits per heavy atom. The summed E-state index contributed by atoms with van der Waals surface area (Å²) in [6, 6.07) is 9.54. The van der Waals surface area contributed by atoms with Gasteiger partial charge in [0.15, 0.2) is 23.7 Å². The number of imidazole rings is 1. The van der Waals surface area contributed by atoms with E-state index in [-0.39, 0.29) is 16.3 Å². The van der Waals surface area contributed by atoms with Gasteiger partial charge in [0.05, 0.1) is 21.7 Å². The van der Waals surface area contributed by atoms with Gasteiger partial charge in [0.2, 0.25) is 5.78 Å². The zero-order valence-electron chi connectivity index (χ0n) is 17.9. The van der Waals surface area contributed by atoms with Crippen molar-refractivity contribution in [2.24, 2.45) is 7.05 Å². The number of aromatic nitrogens is 3. The molecule has 0 aliphatic carbocycles. The number of carbonyl (C=O) groups is 2. The standard InChI is InChI=1S/C25H15ClF3N3O2/c1-12-30-24-20(31(12)2)10-14(11-33)21(22(24)26)15-4-3-7-32-18(15)5-6-19(32)25(34)13-8-16(27)23(29)17(28)9-13/h3-11H,1-2H3. The Morgan fingerprint density at radius 3 is 2.44 bits per heavy atom. The van der Waals surface area contributed by atoms with Gasteiger partial charge in [-0.25, -0.2) is 18.2 Å². The fourth-order valence-corrected chi connectivity index (χ4v) is 4.51. The van der Waals surface area contributed by atoms with Crippen molar-refractivity contribution in [1.29, 1.82) is 0 Å². The third-order valence-electron chi connectivity index (χ3n) is 5.94. The molecule has 0 fully saturated rings. The number of rotatable bonds is 4. The highest BCUT2D eigenvalue weighted by Gasteiger charge is 2.22. The second kappa shape index (κ2) is 7.85. The van der Waals surface area contributed by atoms with Crippen LogP contribution in [0, 0.1) is 24.4 Å². The first-order valence-corrected chi connectivity index (χ1v) is 10.5. The van der Waals surface area contributed by atoms with E-state index in [1.54, 1.807) is 30.5 Å². The number of aryl methyl sites for hydroxylation is 2. The first kappa shape index (κ1) is 21.9. The van der Waals surface area contributed by atoms with Crippen LogP contribution in [0.5, 0.6) is 0 Å². The molecule has 5 aromatic rings. The molecule has 5 nitrogen and oxygen atoms in total. The highest BCUT2D eigenvalue weighted by Crippen LogP contribution is 2.39. The Hall–Kier alpha value is -3.91. The molecule has 5 rings (SSSR count). The normalized spacial score (nSPS) is 11.5. The molecule has 0 N–H and O–H groups in total. The molecular formula is C25H15ClF3N3O2. The average Bonchev–Trinajstić information content (AvgIpc) is 3.38. The summed E-state index contributed by atoms with van der Waals surface area (Å²) >= 11 is 6.73. The monoisotopic (exact) mass is 481 g/mol. The van der Waals surface area contributed by atoms with E-state index in [0.717, 1.165) is 5.82 Å². The number of pyridine rings is 1. The molecule has 0 atom stereocenters. The molecule has 170 valence electrons. The van der Waals surface area contributed by atoms with Gasteiger partial charge in [-0.05, 0) is 43.3 Å². The Morgan fingerprint density at radius 1 is 1.06 bits per heavy atom. The Kier molecular flexibility index (Phi) is 5.06. The number of hydrogen-bond acceptors (Lipinski definition) is 3. The topological polar surface area (TPSA) is 56.4 Å². The lowest BCUT2D eigenvalue weighted by Gasteiger charge is -2.12. The van der Waals surface area contributed by atoms with E-state index in [1.165, 1.54) is 10.5 Å². The number of aldehydes is 1. The zero-order chi connectivity index (χ0) is 24.3. The first-order chi connectivity index (χ1) is 16.2. The number of ketones is 1. The summed E-state index contributed by atoms with van der Waals surface area (Å²) in [5, 5.41) is 0.285. The van der Waals surface area contributed by atoms with Crippen LogP contribution >= 0.6 is 11.6 Å². The van der Waals surface area contributed by atoms with Crippen LogP contribution in [0.3, 0.4) is 0 Å². The second-order valence-corrected chi connectivity index (χ2v) is 8.22. The maximum absolute atomic E-state index is 13.7. The summed E-state index contributed by atoms with van der Waals surface area (Å²) in [4.78, 5) is 29.5. The summed E-state index contributed by atoms with van der Waals surface area (Å²) < 4.78 is 44.1. The second-order valence-electron chi connectivity index (χ2n) is 7.84. The molecule has 9 heteroatoms. The summed E-state index contributed by atoms with van der Waals surface area (Å²) in [6.07, 6.45) is 2.30. The quantitative estimate of drug-likeness (QED) is 0.182. The van der Waals surface area contributed by atoms with Gasteiger partial charge in [-0.1, -0.05) is 17.7 Å². The molecule has 0 unspecified atom stereocenters. The molecule has 34 heavy (non-hydrogen) atoms. The van der Waals surface area contributed by atoms with Crippen molar-refractivity contribution >= 4 is 40.2 Å². The van der Waals surface area contributed by atoms with Gasteiger partial charge in [-0.3, -0.25) is 9.59 Å². The van der Waals surface area contributed by atoms with Crippen molar-refractivity contribution in [2.45, 2.75) is 6.92 Å². The lowest BCUT2D eigenvalue weighted by Crippen LogP contribution is -2.07. The summed E-state index contributed by atoms with van der Waals surface area (Å²) in [7, 11) is 1.82. The highest BCUT2D eigenvalue weighted by atomic mass is 35.5. The van der Waals surface area contributed by atoms with Crippen molar-refractivity contribution in [3.63, 3.8) is 0 Å². The fraction of sp³-hybridized carbons (Fsp3) is 0.0800. The van der Waals surface area contributed by atoms with E-state index in [2.05, 4.69) is 4.98 Å². The largest absolute Gasteiger partial charge is 0.331 e. The Bertz CT molecular complexity index is 1650. The Balaban J connectivity index is 1.73. The molecule has 0 saturated heterocycles. The lowest BCUT2D eigenvalue weighted by atomic mass is 9.99. The van der Waals surface area contributed by atoms with Crippen molar-refractivity contribution in [2.75, 3.05) is 0 Å². The summed E-state index contributed by atoms with van der Waals surface area (Å²) in [5.41, 5.74) is 2.88. The molecule has 3 heterocycles. The van der Waals surface area contributed by atoms with Gasteiger partial charge in [0.1, 0.15) is 11.3 Å². The van der Waals surface area contributed by atoms with Crippen LogP contribution in [0.4, 0.5) is 13.2 Å². The fourth-order valence-electron chi connectivity index (χ4n) is 4.16. The van der Waals surface area contributed by atoms with Crippen LogP contribution in [-0.2, 0) is 7.05 Å². The maximum Gasteiger partial charge on any atom is 0.209 e. The van der Waals surface area contributed by atoms with Gasteiger partial charge < -0.3 is 8.97 Å². The van der Waals surface area contributed by atoms with E-state index in [1.807, 2.05) is 18.5 Å². The first-order valence-electron chi connectivity index (χ1n) is 10.1. The number of carbonyl (C=O) groups excluding carboxylic acids is 2. The van der Waals surface area contributed by atoms with Crippen LogP contribution in [0.25, 0.3) is 27.7 Å². The smallest absolute Gasteiger partial charge is 0.209 e. The molecule has 0 amide bonds. The van der Waals surface area contributed by atoms with Gasteiger partial charge in [-0.2, -0.15) is 0 Å². The third kappa shape index (κ3) is 3.13. The molecular weight excluding hydrogens is 467 g/mol. The molecule has 0 aliphatic rings. The van der Waals surface area contributed by atoms with E-state index in [0.29, 0.717) is 51.7 Å². The van der Waals surface area contributed by atoms with Crippen molar-refractivity contribution < 1.29 is 22.8 Å². The molecule has 0 spiro atoms. The minimum Gasteiger partial charge on any atom is -0.331 e. The minimum atomic E-state index is -1.64. The number of fused-ring (bicyclic) bond motifs is 2. The molecule has 2 aromatic carbocycles. The van der Waals surface area contributed by atoms with Gasteiger partial charge in [0.25, 0.3) is 0 Å². The number of hydrogen-bond donors (Lipinski definition) is 0. The summed E-state index contributed by atoms with van der Waals surface area (Å²) in [6.45, 7) is 1.82. The van der Waals surface area contributed by atoms with E-state index < -0.39 is 23.2 Å². The van der Waals surface area contributed by atoms with Crippen molar-refractivity contribution in [1.82, 2.24) is 14.0 Å². The van der Waals surface area contributed by atoms with Gasteiger partial charge in [0, 0.05) is 35.5 Å². The van der Waals surface area contributed by atoms with E-state index >= 15 is 0 Å². The lowest BCUT2D eigenvalue weighted by molar-refractivity contribution is 0.103. The number of nitrogens with zero attached hydrogens (tertiary/aromatic N) is 3. The minimum absolute atomic E-state index is 0.0980. The SMILES string of the molecule is Cc1nc2c(Cl)c(-c3cccn4c(C(=O)c5cc(F)c(F)c(F)c5)ccc34)c(C=O)cc2n1C. The molecule has 3 aromatic heterocycles. The van der Waals surface area contributed by atoms with Crippen LogP contribution in [0.2, 0.25) is 5.02 Å². The Labute approximate surface area is 196 Å². The predicted octanol–water partition coefficient (Wildman–Crippen LogP) is 5.92. The maximum atomic E-state index is 13.7. The molecule has 0 bridgehead atoms. The number of benzene rings is 2.